The molecule has 1 amide bonds. The van der Waals surface area contributed by atoms with Gasteiger partial charge in [0.1, 0.15) is 10.7 Å². The molecule has 1 fully saturated rings. The lowest BCUT2D eigenvalue weighted by Gasteiger charge is -2.33. The third kappa shape index (κ3) is 4.24. The SMILES string of the molecule is NCc1nc(C(=O)N2CCN(S(=O)(=O)Cc3ccccc3)CC2)cs1. The highest BCUT2D eigenvalue weighted by Crippen LogP contribution is 2.16. The van der Waals surface area contributed by atoms with E-state index < -0.39 is 10.0 Å². The molecule has 2 N–H and O–H groups in total. The van der Waals surface area contributed by atoms with Crippen LogP contribution in [0, 0.1) is 0 Å². The molecule has 25 heavy (non-hydrogen) atoms. The molecule has 1 saturated heterocycles. The number of aromatic nitrogens is 1. The molecule has 1 aliphatic heterocycles. The summed E-state index contributed by atoms with van der Waals surface area (Å²) < 4.78 is 26.5. The zero-order chi connectivity index (χ0) is 17.9. The summed E-state index contributed by atoms with van der Waals surface area (Å²) in [6, 6.07) is 9.11. The quantitative estimate of drug-likeness (QED) is 0.831. The second-order valence-corrected chi connectivity index (χ2v) is 8.68. The number of benzene rings is 1. The van der Waals surface area contributed by atoms with Gasteiger partial charge in [0, 0.05) is 38.1 Å². The van der Waals surface area contributed by atoms with Crippen LogP contribution in [0.1, 0.15) is 21.1 Å². The Morgan fingerprint density at radius 1 is 1.16 bits per heavy atom. The van der Waals surface area contributed by atoms with Gasteiger partial charge < -0.3 is 10.6 Å². The fourth-order valence-electron chi connectivity index (χ4n) is 2.71. The Balaban J connectivity index is 1.60. The number of carbonyl (C=O) groups is 1. The van der Waals surface area contributed by atoms with Crippen LogP contribution in [0.3, 0.4) is 0 Å². The van der Waals surface area contributed by atoms with Crippen molar-refractivity contribution in [2.45, 2.75) is 12.3 Å². The van der Waals surface area contributed by atoms with Crippen molar-refractivity contribution < 1.29 is 13.2 Å². The van der Waals surface area contributed by atoms with Crippen LogP contribution >= 0.6 is 11.3 Å². The minimum atomic E-state index is -3.38. The maximum Gasteiger partial charge on any atom is 0.273 e. The fraction of sp³-hybridized carbons (Fsp3) is 0.375. The van der Waals surface area contributed by atoms with Gasteiger partial charge in [0.2, 0.25) is 10.0 Å². The van der Waals surface area contributed by atoms with Crippen LogP contribution in [0.2, 0.25) is 0 Å². The normalized spacial score (nSPS) is 16.1. The van der Waals surface area contributed by atoms with Crippen molar-refractivity contribution in [3.63, 3.8) is 0 Å². The number of carbonyl (C=O) groups excluding carboxylic acids is 1. The average Bonchev–Trinajstić information content (AvgIpc) is 3.11. The first-order chi connectivity index (χ1) is 12.0. The van der Waals surface area contributed by atoms with Gasteiger partial charge in [-0.25, -0.2) is 13.4 Å². The molecule has 0 atom stereocenters. The third-order valence-electron chi connectivity index (χ3n) is 4.06. The van der Waals surface area contributed by atoms with E-state index in [1.54, 1.807) is 22.4 Å². The molecule has 9 heteroatoms. The summed E-state index contributed by atoms with van der Waals surface area (Å²) in [4.78, 5) is 18.3. The van der Waals surface area contributed by atoms with Gasteiger partial charge in [0.25, 0.3) is 5.91 Å². The fourth-order valence-corrected chi connectivity index (χ4v) is 4.87. The molecular weight excluding hydrogens is 360 g/mol. The zero-order valence-corrected chi connectivity index (χ0v) is 15.3. The molecule has 7 nitrogen and oxygen atoms in total. The van der Waals surface area contributed by atoms with Gasteiger partial charge in [0.15, 0.2) is 0 Å². The van der Waals surface area contributed by atoms with Crippen LogP contribution in [-0.4, -0.2) is 54.7 Å². The van der Waals surface area contributed by atoms with Crippen LogP contribution in [-0.2, 0) is 22.3 Å². The molecule has 0 spiro atoms. The van der Waals surface area contributed by atoms with E-state index in [0.29, 0.717) is 43.4 Å². The van der Waals surface area contributed by atoms with Crippen molar-refractivity contribution in [1.29, 1.82) is 0 Å². The van der Waals surface area contributed by atoms with E-state index in [9.17, 15) is 13.2 Å². The first-order valence-electron chi connectivity index (χ1n) is 7.95. The van der Waals surface area contributed by atoms with Crippen molar-refractivity contribution in [1.82, 2.24) is 14.2 Å². The summed E-state index contributed by atoms with van der Waals surface area (Å²) in [6.45, 7) is 1.64. The van der Waals surface area contributed by atoms with Crippen molar-refractivity contribution in [3.8, 4) is 0 Å². The maximum absolute atomic E-state index is 12.5. The van der Waals surface area contributed by atoms with Crippen molar-refractivity contribution in [2.24, 2.45) is 5.73 Å². The predicted octanol–water partition coefficient (Wildman–Crippen LogP) is 0.890. The molecule has 134 valence electrons. The van der Waals surface area contributed by atoms with Crippen molar-refractivity contribution in [3.05, 3.63) is 52.0 Å². The number of hydrogen-bond acceptors (Lipinski definition) is 6. The van der Waals surface area contributed by atoms with Gasteiger partial charge in [0.05, 0.1) is 5.75 Å². The maximum atomic E-state index is 12.5. The molecule has 2 heterocycles. The number of nitrogens with zero attached hydrogens (tertiary/aromatic N) is 3. The number of amides is 1. The van der Waals surface area contributed by atoms with Crippen molar-refractivity contribution in [2.75, 3.05) is 26.2 Å². The van der Waals surface area contributed by atoms with E-state index in [1.807, 2.05) is 18.2 Å². The van der Waals surface area contributed by atoms with Crippen LogP contribution in [0.25, 0.3) is 0 Å². The molecular formula is C16H20N4O3S2. The minimum Gasteiger partial charge on any atom is -0.335 e. The zero-order valence-electron chi connectivity index (χ0n) is 13.7. The smallest absolute Gasteiger partial charge is 0.273 e. The molecule has 2 aromatic rings. The van der Waals surface area contributed by atoms with Gasteiger partial charge in [-0.2, -0.15) is 4.31 Å². The lowest BCUT2D eigenvalue weighted by atomic mass is 10.2. The molecule has 1 aliphatic rings. The van der Waals surface area contributed by atoms with E-state index in [0.717, 1.165) is 5.56 Å². The summed E-state index contributed by atoms with van der Waals surface area (Å²) in [5.74, 6) is -0.190. The number of thiazole rings is 1. The van der Waals surface area contributed by atoms with E-state index in [1.165, 1.54) is 15.6 Å². The largest absolute Gasteiger partial charge is 0.335 e. The molecule has 0 radical (unpaired) electrons. The lowest BCUT2D eigenvalue weighted by Crippen LogP contribution is -2.50. The Kier molecular flexibility index (Phi) is 5.48. The van der Waals surface area contributed by atoms with E-state index in [2.05, 4.69) is 4.98 Å². The predicted molar refractivity (Wildman–Crippen MR) is 96.5 cm³/mol. The Morgan fingerprint density at radius 3 is 2.44 bits per heavy atom. The number of sulfonamides is 1. The molecule has 3 rings (SSSR count). The summed E-state index contributed by atoms with van der Waals surface area (Å²) in [5, 5.41) is 2.41. The second-order valence-electron chi connectivity index (χ2n) is 5.76. The molecule has 1 aromatic carbocycles. The van der Waals surface area contributed by atoms with Gasteiger partial charge in [-0.1, -0.05) is 30.3 Å². The third-order valence-corrected chi connectivity index (χ3v) is 6.78. The van der Waals surface area contributed by atoms with Crippen LogP contribution in [0.5, 0.6) is 0 Å². The highest BCUT2D eigenvalue weighted by Gasteiger charge is 2.30. The number of hydrogen-bond donors (Lipinski definition) is 1. The Hall–Kier alpha value is -1.81. The molecule has 0 bridgehead atoms. The van der Waals surface area contributed by atoms with Gasteiger partial charge in [-0.15, -0.1) is 11.3 Å². The van der Waals surface area contributed by atoms with Gasteiger partial charge in [-0.3, -0.25) is 4.79 Å². The van der Waals surface area contributed by atoms with Crippen molar-refractivity contribution >= 4 is 27.3 Å². The molecule has 1 aromatic heterocycles. The van der Waals surface area contributed by atoms with E-state index in [4.69, 9.17) is 5.73 Å². The topological polar surface area (TPSA) is 96.6 Å². The highest BCUT2D eigenvalue weighted by molar-refractivity contribution is 7.88. The summed E-state index contributed by atoms with van der Waals surface area (Å²) >= 11 is 1.36. The summed E-state index contributed by atoms with van der Waals surface area (Å²) in [6.07, 6.45) is 0. The number of nitrogens with two attached hydrogens (primary N) is 1. The second kappa shape index (κ2) is 7.61. The monoisotopic (exact) mass is 380 g/mol. The van der Waals surface area contributed by atoms with Gasteiger partial charge >= 0.3 is 0 Å². The molecule has 0 unspecified atom stereocenters. The molecule has 0 saturated carbocycles. The number of piperazine rings is 1. The standard InChI is InChI=1S/C16H20N4O3S2/c17-10-15-18-14(11-24-15)16(21)19-6-8-20(9-7-19)25(22,23)12-13-4-2-1-3-5-13/h1-5,11H,6-10,12,17H2. The van der Waals surface area contributed by atoms with Gasteiger partial charge in [-0.05, 0) is 5.56 Å². The van der Waals surface area contributed by atoms with Crippen LogP contribution in [0.15, 0.2) is 35.7 Å². The first kappa shape index (κ1) is 18.0. The van der Waals surface area contributed by atoms with Crippen LogP contribution in [0.4, 0.5) is 0 Å². The lowest BCUT2D eigenvalue weighted by molar-refractivity contribution is 0.0692. The first-order valence-corrected chi connectivity index (χ1v) is 10.4. The Morgan fingerprint density at radius 2 is 1.84 bits per heavy atom. The van der Waals surface area contributed by atoms with Crippen LogP contribution < -0.4 is 5.73 Å². The Bertz CT molecular complexity index is 828. The highest BCUT2D eigenvalue weighted by atomic mass is 32.2. The molecule has 0 aliphatic carbocycles. The average molecular weight is 380 g/mol. The number of rotatable bonds is 5. The summed E-state index contributed by atoms with van der Waals surface area (Å²) in [7, 11) is -3.38. The van der Waals surface area contributed by atoms with E-state index >= 15 is 0 Å². The summed E-state index contributed by atoms with van der Waals surface area (Å²) in [5.41, 5.74) is 6.66. The minimum absolute atomic E-state index is 0.0201. The van der Waals surface area contributed by atoms with E-state index in [-0.39, 0.29) is 11.7 Å². The Labute approximate surface area is 151 Å².